The molecular formula is C17H29N3O6Si. The second kappa shape index (κ2) is 7.44. The number of nitrogens with two attached hydrogens (primary N) is 1. The fourth-order valence-corrected chi connectivity index (χ4v) is 3.95. The maximum absolute atomic E-state index is 12.3. The van der Waals surface area contributed by atoms with Crippen molar-refractivity contribution in [2.24, 2.45) is 0 Å². The Morgan fingerprint density at radius 3 is 2.44 bits per heavy atom. The Labute approximate surface area is 159 Å². The number of nitrogens with zero attached hydrogens (tertiary/aromatic N) is 2. The number of ether oxygens (including phenoxy) is 1. The standard InChI is InChI=1S/C17H29N3O6Si/c1-9(21)13(26-27(5,6)17(2,3)4)14-11(22)12(23)15(25-14)20-8-7-10(18)19-16(20)24/h7-8,11-15,22-23H,1-6H3,(H2,18,19,24)/t11-,12+,13?,14-,15+/m0/s1. The number of hydrogen-bond acceptors (Lipinski definition) is 8. The van der Waals surface area contributed by atoms with Gasteiger partial charge in [0.15, 0.2) is 20.3 Å². The SMILES string of the molecule is CC(=O)C(O[Si](C)(C)C(C)(C)C)[C@H]1O[C@@H](n2ccc(N)nc2=O)[C@H](O)[C@@H]1O. The van der Waals surface area contributed by atoms with E-state index in [2.05, 4.69) is 4.98 Å². The van der Waals surface area contributed by atoms with Gasteiger partial charge >= 0.3 is 5.69 Å². The fourth-order valence-electron chi connectivity index (χ4n) is 2.66. The average Bonchev–Trinajstić information content (AvgIpc) is 2.80. The smallest absolute Gasteiger partial charge is 0.351 e. The Kier molecular flexibility index (Phi) is 5.98. The van der Waals surface area contributed by atoms with Crippen molar-refractivity contribution in [1.29, 1.82) is 0 Å². The highest BCUT2D eigenvalue weighted by Crippen LogP contribution is 2.40. The third-order valence-electron chi connectivity index (χ3n) is 5.33. The maximum Gasteiger partial charge on any atom is 0.351 e. The molecule has 0 aromatic carbocycles. The van der Waals surface area contributed by atoms with Crippen molar-refractivity contribution < 1.29 is 24.2 Å². The lowest BCUT2D eigenvalue weighted by atomic mass is 10.0. The fraction of sp³-hybridized carbons (Fsp3) is 0.706. The van der Waals surface area contributed by atoms with E-state index in [4.69, 9.17) is 14.9 Å². The van der Waals surface area contributed by atoms with Gasteiger partial charge in [0, 0.05) is 6.20 Å². The number of aliphatic hydroxyl groups is 2. The molecule has 0 spiro atoms. The summed E-state index contributed by atoms with van der Waals surface area (Å²) < 4.78 is 12.9. The Morgan fingerprint density at radius 2 is 1.96 bits per heavy atom. The summed E-state index contributed by atoms with van der Waals surface area (Å²) in [7, 11) is -2.36. The summed E-state index contributed by atoms with van der Waals surface area (Å²) in [5, 5.41) is 20.7. The van der Waals surface area contributed by atoms with Crippen LogP contribution >= 0.6 is 0 Å². The van der Waals surface area contributed by atoms with Gasteiger partial charge in [-0.15, -0.1) is 0 Å². The van der Waals surface area contributed by atoms with Gasteiger partial charge in [0.1, 0.15) is 30.2 Å². The van der Waals surface area contributed by atoms with Crippen LogP contribution in [0.4, 0.5) is 5.82 Å². The zero-order valence-electron chi connectivity index (χ0n) is 16.5. The van der Waals surface area contributed by atoms with Crippen LogP contribution in [0, 0.1) is 0 Å². The quantitative estimate of drug-likeness (QED) is 0.606. The number of ketones is 1. The molecule has 0 saturated carbocycles. The van der Waals surface area contributed by atoms with Crippen molar-refractivity contribution in [3.63, 3.8) is 0 Å². The van der Waals surface area contributed by atoms with Crippen molar-refractivity contribution in [1.82, 2.24) is 9.55 Å². The van der Waals surface area contributed by atoms with Crippen molar-refractivity contribution in [3.05, 3.63) is 22.7 Å². The summed E-state index contributed by atoms with van der Waals surface area (Å²) in [5.74, 6) is -0.289. The van der Waals surface area contributed by atoms with E-state index in [1.54, 1.807) is 0 Å². The van der Waals surface area contributed by atoms with Crippen molar-refractivity contribution in [3.8, 4) is 0 Å². The second-order valence-corrected chi connectivity index (χ2v) is 13.2. The molecule has 152 valence electrons. The molecule has 1 fully saturated rings. The number of hydrogen-bond donors (Lipinski definition) is 3. The summed E-state index contributed by atoms with van der Waals surface area (Å²) in [6.45, 7) is 11.4. The van der Waals surface area contributed by atoms with E-state index in [1.807, 2.05) is 33.9 Å². The van der Waals surface area contributed by atoms with Crippen LogP contribution in [0.15, 0.2) is 17.1 Å². The highest BCUT2D eigenvalue weighted by atomic mass is 28.4. The average molecular weight is 400 g/mol. The normalized spacial score (nSPS) is 27.6. The third kappa shape index (κ3) is 4.30. The van der Waals surface area contributed by atoms with Crippen LogP contribution < -0.4 is 11.4 Å². The van der Waals surface area contributed by atoms with Gasteiger partial charge in [0.05, 0.1) is 0 Å². The first-order chi connectivity index (χ1) is 12.3. The van der Waals surface area contributed by atoms with E-state index >= 15 is 0 Å². The second-order valence-electron chi connectivity index (χ2n) is 8.42. The number of anilines is 1. The van der Waals surface area contributed by atoms with Crippen LogP contribution in [0.3, 0.4) is 0 Å². The van der Waals surface area contributed by atoms with Crippen LogP contribution in [0.25, 0.3) is 0 Å². The molecule has 0 radical (unpaired) electrons. The molecular weight excluding hydrogens is 370 g/mol. The summed E-state index contributed by atoms with van der Waals surface area (Å²) in [6.07, 6.45) is -4.87. The van der Waals surface area contributed by atoms with Crippen LogP contribution in [0.5, 0.6) is 0 Å². The summed E-state index contributed by atoms with van der Waals surface area (Å²) >= 11 is 0. The van der Waals surface area contributed by atoms with Crippen LogP contribution in [0.1, 0.15) is 33.9 Å². The molecule has 1 aromatic heterocycles. The molecule has 27 heavy (non-hydrogen) atoms. The van der Waals surface area contributed by atoms with Gasteiger partial charge < -0.3 is 25.1 Å². The van der Waals surface area contributed by atoms with E-state index in [-0.39, 0.29) is 16.6 Å². The predicted molar refractivity (Wildman–Crippen MR) is 102 cm³/mol. The summed E-state index contributed by atoms with van der Waals surface area (Å²) in [4.78, 5) is 27.9. The van der Waals surface area contributed by atoms with Gasteiger partial charge in [-0.1, -0.05) is 20.8 Å². The van der Waals surface area contributed by atoms with Gasteiger partial charge in [-0.05, 0) is 31.1 Å². The van der Waals surface area contributed by atoms with Crippen molar-refractivity contribution >= 4 is 19.9 Å². The zero-order chi connectivity index (χ0) is 20.7. The van der Waals surface area contributed by atoms with Crippen LogP contribution in [-0.2, 0) is 14.0 Å². The Balaban J connectivity index is 2.33. The number of carbonyl (C=O) groups is 1. The van der Waals surface area contributed by atoms with Gasteiger partial charge in [-0.2, -0.15) is 4.98 Å². The first kappa shape index (κ1) is 21.7. The largest absolute Gasteiger partial charge is 0.404 e. The molecule has 0 amide bonds. The molecule has 1 unspecified atom stereocenters. The van der Waals surface area contributed by atoms with Gasteiger partial charge in [-0.3, -0.25) is 9.36 Å². The minimum Gasteiger partial charge on any atom is -0.404 e. The molecule has 1 aromatic rings. The zero-order valence-corrected chi connectivity index (χ0v) is 17.5. The molecule has 10 heteroatoms. The minimum absolute atomic E-state index is 0.0312. The monoisotopic (exact) mass is 399 g/mol. The number of nitrogen functional groups attached to an aromatic ring is 1. The number of rotatable bonds is 5. The lowest BCUT2D eigenvalue weighted by molar-refractivity contribution is -0.137. The third-order valence-corrected chi connectivity index (χ3v) is 9.78. The van der Waals surface area contributed by atoms with E-state index in [0.29, 0.717) is 0 Å². The van der Waals surface area contributed by atoms with Crippen molar-refractivity contribution in [2.75, 3.05) is 5.73 Å². The molecule has 2 heterocycles. The van der Waals surface area contributed by atoms with Gasteiger partial charge in [0.2, 0.25) is 0 Å². The maximum atomic E-state index is 12.3. The lowest BCUT2D eigenvalue weighted by Gasteiger charge is -2.40. The lowest BCUT2D eigenvalue weighted by Crippen LogP contribution is -2.52. The summed E-state index contributed by atoms with van der Waals surface area (Å²) in [5.41, 5.74) is 4.75. The number of aromatic nitrogens is 2. The number of aliphatic hydroxyl groups excluding tert-OH is 2. The Hall–Kier alpha value is -1.59. The first-order valence-electron chi connectivity index (χ1n) is 8.81. The molecule has 9 nitrogen and oxygen atoms in total. The highest BCUT2D eigenvalue weighted by Gasteiger charge is 2.51. The molecule has 5 atom stereocenters. The molecule has 1 saturated heterocycles. The van der Waals surface area contributed by atoms with E-state index in [9.17, 15) is 19.8 Å². The van der Waals surface area contributed by atoms with E-state index in [1.165, 1.54) is 19.2 Å². The Morgan fingerprint density at radius 1 is 1.37 bits per heavy atom. The van der Waals surface area contributed by atoms with Crippen LogP contribution in [0.2, 0.25) is 18.1 Å². The van der Waals surface area contributed by atoms with Crippen molar-refractivity contribution in [2.45, 2.75) is 76.5 Å². The number of carbonyl (C=O) groups excluding carboxylic acids is 1. The van der Waals surface area contributed by atoms with Gasteiger partial charge in [0.25, 0.3) is 0 Å². The molecule has 0 bridgehead atoms. The topological polar surface area (TPSA) is 137 Å². The molecule has 0 aliphatic carbocycles. The van der Waals surface area contributed by atoms with E-state index < -0.39 is 44.7 Å². The Bertz CT molecular complexity index is 760. The summed E-state index contributed by atoms with van der Waals surface area (Å²) in [6, 6.07) is 1.38. The number of Topliss-reactive ketones (excluding diaryl/α,β-unsaturated/α-hetero) is 1. The minimum atomic E-state index is -2.36. The van der Waals surface area contributed by atoms with E-state index in [0.717, 1.165) is 4.57 Å². The molecule has 4 N–H and O–H groups in total. The first-order valence-corrected chi connectivity index (χ1v) is 11.7. The molecule has 2 rings (SSSR count). The molecule has 1 aliphatic heterocycles. The molecule has 1 aliphatic rings. The predicted octanol–water partition coefficient (Wildman–Crippen LogP) is 0.424. The van der Waals surface area contributed by atoms with Crippen LogP contribution in [-0.4, -0.2) is 58.3 Å². The van der Waals surface area contributed by atoms with Gasteiger partial charge in [-0.25, -0.2) is 4.79 Å². The highest BCUT2D eigenvalue weighted by molar-refractivity contribution is 6.74.